The van der Waals surface area contributed by atoms with Gasteiger partial charge in [-0.15, -0.1) is 0 Å². The second-order valence-corrected chi connectivity index (χ2v) is 2.72. The molecule has 1 aromatic heterocycles. The Bertz CT molecular complexity index is 564. The van der Waals surface area contributed by atoms with Gasteiger partial charge in [0.15, 0.2) is 5.82 Å². The molecule has 72 valence electrons. The molecule has 0 saturated carbocycles. The Kier molecular flexibility index (Phi) is 1.70. The summed E-state index contributed by atoms with van der Waals surface area (Å²) in [6, 6.07) is 1.78. The molecule has 2 rings (SSSR count). The van der Waals surface area contributed by atoms with E-state index in [9.17, 15) is 13.6 Å². The molecule has 3 N–H and O–H groups in total. The highest BCUT2D eigenvalue weighted by molar-refractivity contribution is 5.80. The van der Waals surface area contributed by atoms with E-state index in [1.165, 1.54) is 0 Å². The van der Waals surface area contributed by atoms with Crippen LogP contribution in [0.4, 0.5) is 14.6 Å². The van der Waals surface area contributed by atoms with E-state index < -0.39 is 22.4 Å². The largest absolute Gasteiger partial charge is 0.379 e. The average molecular weight is 197 g/mol. The van der Waals surface area contributed by atoms with Crippen molar-refractivity contribution in [1.82, 2.24) is 10.2 Å². The number of hydrogen-bond acceptors (Lipinski definition) is 3. The smallest absolute Gasteiger partial charge is 0.234 e. The lowest BCUT2D eigenvalue weighted by atomic mass is 10.2. The third-order valence-electron chi connectivity index (χ3n) is 1.85. The maximum absolute atomic E-state index is 13.1. The molecule has 0 radical (unpaired) electrons. The number of nitrogen functional groups attached to an aromatic ring is 1. The summed E-state index contributed by atoms with van der Waals surface area (Å²) in [4.78, 5) is 11.3. The SMILES string of the molecule is Nc1n[nH]c2c(F)ccc(F)c2c1=O. The van der Waals surface area contributed by atoms with Crippen molar-refractivity contribution in [3.05, 3.63) is 34.0 Å². The number of hydrogen-bond donors (Lipinski definition) is 2. The minimum atomic E-state index is -0.822. The first-order valence-electron chi connectivity index (χ1n) is 3.73. The van der Waals surface area contributed by atoms with Crippen LogP contribution in [0.3, 0.4) is 0 Å². The third kappa shape index (κ3) is 1.04. The molecule has 14 heavy (non-hydrogen) atoms. The molecule has 6 heteroatoms. The fourth-order valence-electron chi connectivity index (χ4n) is 1.18. The van der Waals surface area contributed by atoms with Crippen LogP contribution in [-0.2, 0) is 0 Å². The minimum Gasteiger partial charge on any atom is -0.379 e. The Labute approximate surface area is 76.4 Å². The highest BCUT2D eigenvalue weighted by Crippen LogP contribution is 2.15. The lowest BCUT2D eigenvalue weighted by molar-refractivity contribution is 0.613. The van der Waals surface area contributed by atoms with E-state index in [0.29, 0.717) is 0 Å². The highest BCUT2D eigenvalue weighted by Gasteiger charge is 2.11. The molecule has 0 aliphatic heterocycles. The van der Waals surface area contributed by atoms with Gasteiger partial charge >= 0.3 is 0 Å². The second-order valence-electron chi connectivity index (χ2n) is 2.72. The molecular weight excluding hydrogens is 192 g/mol. The van der Waals surface area contributed by atoms with E-state index in [2.05, 4.69) is 10.2 Å². The minimum absolute atomic E-state index is 0.274. The van der Waals surface area contributed by atoms with Crippen molar-refractivity contribution in [2.45, 2.75) is 0 Å². The van der Waals surface area contributed by atoms with Crippen molar-refractivity contribution in [3.8, 4) is 0 Å². The van der Waals surface area contributed by atoms with Crippen LogP contribution >= 0.6 is 0 Å². The van der Waals surface area contributed by atoms with Crippen LogP contribution < -0.4 is 11.2 Å². The lowest BCUT2D eigenvalue weighted by Gasteiger charge is -2.00. The third-order valence-corrected chi connectivity index (χ3v) is 1.85. The molecule has 0 bridgehead atoms. The van der Waals surface area contributed by atoms with Crippen molar-refractivity contribution in [1.29, 1.82) is 0 Å². The number of H-pyrrole nitrogens is 1. The summed E-state index contributed by atoms with van der Waals surface area (Å²) in [5.41, 5.74) is 4.08. The van der Waals surface area contributed by atoms with Crippen molar-refractivity contribution in [2.24, 2.45) is 0 Å². The van der Waals surface area contributed by atoms with Crippen LogP contribution in [0.5, 0.6) is 0 Å². The Morgan fingerprint density at radius 3 is 2.64 bits per heavy atom. The van der Waals surface area contributed by atoms with Gasteiger partial charge in [0, 0.05) is 0 Å². The average Bonchev–Trinajstić information content (AvgIpc) is 2.16. The van der Waals surface area contributed by atoms with Gasteiger partial charge in [0.2, 0.25) is 5.43 Å². The van der Waals surface area contributed by atoms with Gasteiger partial charge in [-0.1, -0.05) is 0 Å². The number of fused-ring (bicyclic) bond motifs is 1. The number of anilines is 1. The summed E-state index contributed by atoms with van der Waals surface area (Å²) in [5, 5.41) is 5.12. The number of aromatic nitrogens is 2. The summed E-state index contributed by atoms with van der Waals surface area (Å²) in [5.74, 6) is -1.95. The van der Waals surface area contributed by atoms with Gasteiger partial charge in [-0.05, 0) is 12.1 Å². The maximum Gasteiger partial charge on any atom is 0.234 e. The lowest BCUT2D eigenvalue weighted by Crippen LogP contribution is -2.14. The first kappa shape index (κ1) is 8.61. The van der Waals surface area contributed by atoms with Crippen molar-refractivity contribution >= 4 is 16.7 Å². The predicted octanol–water partition coefficient (Wildman–Crippen LogP) is 0.783. The number of nitrogens with one attached hydrogen (secondary N) is 1. The first-order chi connectivity index (χ1) is 6.61. The number of nitrogens with zero attached hydrogens (tertiary/aromatic N) is 1. The molecule has 1 heterocycles. The second kappa shape index (κ2) is 2.76. The quantitative estimate of drug-likeness (QED) is 0.655. The summed E-state index contributed by atoms with van der Waals surface area (Å²) < 4.78 is 26.2. The Hall–Kier alpha value is -1.98. The highest BCUT2D eigenvalue weighted by atomic mass is 19.1. The van der Waals surface area contributed by atoms with Gasteiger partial charge in [0.05, 0.1) is 5.39 Å². The van der Waals surface area contributed by atoms with E-state index in [-0.39, 0.29) is 11.3 Å². The molecule has 2 aromatic rings. The fourth-order valence-corrected chi connectivity index (χ4v) is 1.18. The molecule has 0 aliphatic rings. The Morgan fingerprint density at radius 1 is 1.29 bits per heavy atom. The fraction of sp³-hybridized carbons (Fsp3) is 0. The van der Waals surface area contributed by atoms with Gasteiger partial charge in [-0.2, -0.15) is 5.10 Å². The molecule has 0 aliphatic carbocycles. The number of benzene rings is 1. The topological polar surface area (TPSA) is 71.8 Å². The Balaban J connectivity index is 3.09. The normalized spacial score (nSPS) is 10.7. The van der Waals surface area contributed by atoms with Crippen LogP contribution in [0, 0.1) is 11.6 Å². The number of rotatable bonds is 0. The summed E-state index contributed by atoms with van der Waals surface area (Å²) in [7, 11) is 0. The number of nitrogens with two attached hydrogens (primary N) is 1. The molecule has 0 fully saturated rings. The van der Waals surface area contributed by atoms with Gasteiger partial charge < -0.3 is 5.73 Å². The zero-order valence-electron chi connectivity index (χ0n) is 6.84. The van der Waals surface area contributed by atoms with E-state index in [1.807, 2.05) is 0 Å². The number of aromatic amines is 1. The van der Waals surface area contributed by atoms with Gasteiger partial charge in [-0.3, -0.25) is 9.89 Å². The van der Waals surface area contributed by atoms with E-state index in [0.717, 1.165) is 12.1 Å². The van der Waals surface area contributed by atoms with E-state index in [1.54, 1.807) is 0 Å². The molecule has 0 amide bonds. The van der Waals surface area contributed by atoms with E-state index >= 15 is 0 Å². The summed E-state index contributed by atoms with van der Waals surface area (Å²) in [6.07, 6.45) is 0. The van der Waals surface area contributed by atoms with Crippen LogP contribution in [0.15, 0.2) is 16.9 Å². The first-order valence-corrected chi connectivity index (χ1v) is 3.73. The molecule has 0 unspecified atom stereocenters. The zero-order chi connectivity index (χ0) is 10.3. The monoisotopic (exact) mass is 197 g/mol. The van der Waals surface area contributed by atoms with Crippen LogP contribution in [-0.4, -0.2) is 10.2 Å². The van der Waals surface area contributed by atoms with E-state index in [4.69, 9.17) is 5.73 Å². The molecule has 0 spiro atoms. The van der Waals surface area contributed by atoms with Crippen molar-refractivity contribution in [3.63, 3.8) is 0 Å². The molecule has 4 nitrogen and oxygen atoms in total. The maximum atomic E-state index is 13.1. The van der Waals surface area contributed by atoms with Crippen molar-refractivity contribution < 1.29 is 8.78 Å². The number of halogens is 2. The van der Waals surface area contributed by atoms with Crippen molar-refractivity contribution in [2.75, 3.05) is 5.73 Å². The molecule has 1 aromatic carbocycles. The van der Waals surface area contributed by atoms with Crippen LogP contribution in [0.1, 0.15) is 0 Å². The van der Waals surface area contributed by atoms with Gasteiger partial charge in [0.1, 0.15) is 17.2 Å². The molecule has 0 saturated heterocycles. The Morgan fingerprint density at radius 2 is 1.93 bits per heavy atom. The summed E-state index contributed by atoms with van der Waals surface area (Å²) in [6.45, 7) is 0. The van der Waals surface area contributed by atoms with Crippen LogP contribution in [0.2, 0.25) is 0 Å². The molecular formula is C8H5F2N3O. The zero-order valence-corrected chi connectivity index (χ0v) is 6.84. The standard InChI is InChI=1S/C8H5F2N3O/c9-3-1-2-4(10)6-5(3)7(14)8(11)13-12-6/h1-2H,(H2,11,13)(H,12,14). The molecule has 0 atom stereocenters. The van der Waals surface area contributed by atoms with Gasteiger partial charge in [0.25, 0.3) is 0 Å². The van der Waals surface area contributed by atoms with Crippen LogP contribution in [0.25, 0.3) is 10.9 Å². The summed E-state index contributed by atoms with van der Waals surface area (Å²) >= 11 is 0. The van der Waals surface area contributed by atoms with Gasteiger partial charge in [-0.25, -0.2) is 8.78 Å². The predicted molar refractivity (Wildman–Crippen MR) is 46.7 cm³/mol.